The Bertz CT molecular complexity index is 542. The van der Waals surface area contributed by atoms with Gasteiger partial charge in [-0.25, -0.2) is 4.98 Å². The second-order valence-corrected chi connectivity index (χ2v) is 5.57. The Morgan fingerprint density at radius 3 is 2.84 bits per heavy atom. The first kappa shape index (κ1) is 14.5. The van der Waals surface area contributed by atoms with Crippen molar-refractivity contribution < 1.29 is 4.74 Å². The molecule has 0 fully saturated rings. The molecule has 102 valence electrons. The quantitative estimate of drug-likeness (QED) is 0.882. The van der Waals surface area contributed by atoms with Crippen LogP contribution in [-0.4, -0.2) is 18.6 Å². The first-order valence-electron chi connectivity index (χ1n) is 6.19. The fourth-order valence-electron chi connectivity index (χ4n) is 1.76. The SMILES string of the molecule is CCNCc1sc(-c2ccccc2Cl)nc1COC. The second kappa shape index (κ2) is 7.01. The molecule has 1 N–H and O–H groups in total. The topological polar surface area (TPSA) is 34.2 Å². The Hall–Kier alpha value is -0.940. The van der Waals surface area contributed by atoms with Gasteiger partial charge in [0.1, 0.15) is 5.01 Å². The number of benzene rings is 1. The van der Waals surface area contributed by atoms with Crippen molar-refractivity contribution in [2.45, 2.75) is 20.1 Å². The van der Waals surface area contributed by atoms with E-state index in [1.807, 2.05) is 24.3 Å². The van der Waals surface area contributed by atoms with Gasteiger partial charge in [0.25, 0.3) is 0 Å². The van der Waals surface area contributed by atoms with Crippen molar-refractivity contribution in [1.29, 1.82) is 0 Å². The summed E-state index contributed by atoms with van der Waals surface area (Å²) in [6.45, 7) is 4.37. The Labute approximate surface area is 122 Å². The van der Waals surface area contributed by atoms with Crippen LogP contribution < -0.4 is 5.32 Å². The number of aromatic nitrogens is 1. The molecule has 0 saturated heterocycles. The molecule has 0 bridgehead atoms. The average Bonchev–Trinajstić information content (AvgIpc) is 2.80. The lowest BCUT2D eigenvalue weighted by atomic mass is 10.2. The monoisotopic (exact) mass is 296 g/mol. The molecule has 0 radical (unpaired) electrons. The van der Waals surface area contributed by atoms with Gasteiger partial charge in [-0.1, -0.05) is 36.7 Å². The Kier molecular flexibility index (Phi) is 5.34. The fraction of sp³-hybridized carbons (Fsp3) is 0.357. The van der Waals surface area contributed by atoms with Crippen molar-refractivity contribution in [3.8, 4) is 10.6 Å². The van der Waals surface area contributed by atoms with Gasteiger partial charge >= 0.3 is 0 Å². The number of halogens is 1. The molecule has 0 atom stereocenters. The van der Waals surface area contributed by atoms with Crippen LogP contribution in [0.4, 0.5) is 0 Å². The highest BCUT2D eigenvalue weighted by molar-refractivity contribution is 7.15. The highest BCUT2D eigenvalue weighted by Crippen LogP contribution is 2.33. The summed E-state index contributed by atoms with van der Waals surface area (Å²) >= 11 is 7.89. The molecule has 1 aromatic heterocycles. The Morgan fingerprint density at radius 2 is 2.16 bits per heavy atom. The summed E-state index contributed by atoms with van der Waals surface area (Å²) in [7, 11) is 1.69. The molecule has 0 saturated carbocycles. The molecular weight excluding hydrogens is 280 g/mol. The maximum Gasteiger partial charge on any atom is 0.125 e. The van der Waals surface area contributed by atoms with E-state index in [-0.39, 0.29) is 0 Å². The lowest BCUT2D eigenvalue weighted by Crippen LogP contribution is -2.12. The van der Waals surface area contributed by atoms with Gasteiger partial charge < -0.3 is 10.1 Å². The van der Waals surface area contributed by atoms with Crippen LogP contribution in [-0.2, 0) is 17.9 Å². The molecule has 0 aliphatic heterocycles. The molecule has 5 heteroatoms. The van der Waals surface area contributed by atoms with E-state index in [4.69, 9.17) is 16.3 Å². The van der Waals surface area contributed by atoms with Crippen molar-refractivity contribution in [2.75, 3.05) is 13.7 Å². The van der Waals surface area contributed by atoms with Gasteiger partial charge in [0, 0.05) is 24.1 Å². The van der Waals surface area contributed by atoms with Crippen molar-refractivity contribution in [1.82, 2.24) is 10.3 Å². The van der Waals surface area contributed by atoms with E-state index in [1.54, 1.807) is 18.4 Å². The lowest BCUT2D eigenvalue weighted by Gasteiger charge is -2.00. The largest absolute Gasteiger partial charge is 0.378 e. The first-order chi connectivity index (χ1) is 9.26. The van der Waals surface area contributed by atoms with Gasteiger partial charge in [-0.2, -0.15) is 0 Å². The van der Waals surface area contributed by atoms with Crippen LogP contribution in [0.15, 0.2) is 24.3 Å². The third-order valence-corrected chi connectivity index (χ3v) is 4.16. The van der Waals surface area contributed by atoms with Crippen molar-refractivity contribution in [3.63, 3.8) is 0 Å². The van der Waals surface area contributed by atoms with Gasteiger partial charge in [0.15, 0.2) is 0 Å². The smallest absolute Gasteiger partial charge is 0.125 e. The molecular formula is C14H17ClN2OS. The summed E-state index contributed by atoms with van der Waals surface area (Å²) in [5.41, 5.74) is 1.97. The molecule has 0 aliphatic rings. The zero-order chi connectivity index (χ0) is 13.7. The van der Waals surface area contributed by atoms with E-state index in [0.717, 1.165) is 34.4 Å². The van der Waals surface area contributed by atoms with Crippen LogP contribution in [0.1, 0.15) is 17.5 Å². The zero-order valence-electron chi connectivity index (χ0n) is 11.1. The van der Waals surface area contributed by atoms with Crippen molar-refractivity contribution >= 4 is 22.9 Å². The maximum atomic E-state index is 6.22. The fourth-order valence-corrected chi connectivity index (χ4v) is 3.11. The summed E-state index contributed by atoms with van der Waals surface area (Å²) in [5.74, 6) is 0. The summed E-state index contributed by atoms with van der Waals surface area (Å²) in [4.78, 5) is 5.86. The second-order valence-electron chi connectivity index (χ2n) is 4.08. The van der Waals surface area contributed by atoms with E-state index in [1.165, 1.54) is 4.88 Å². The van der Waals surface area contributed by atoms with E-state index in [9.17, 15) is 0 Å². The van der Waals surface area contributed by atoms with Crippen LogP contribution in [0, 0.1) is 0 Å². The molecule has 1 aromatic carbocycles. The first-order valence-corrected chi connectivity index (χ1v) is 7.38. The number of nitrogens with zero attached hydrogens (tertiary/aromatic N) is 1. The molecule has 0 aliphatic carbocycles. The summed E-state index contributed by atoms with van der Waals surface area (Å²) < 4.78 is 5.21. The van der Waals surface area contributed by atoms with Gasteiger partial charge in [-0.05, 0) is 12.6 Å². The van der Waals surface area contributed by atoms with Gasteiger partial charge in [0.2, 0.25) is 0 Å². The van der Waals surface area contributed by atoms with Crippen LogP contribution in [0.3, 0.4) is 0 Å². The molecule has 1 heterocycles. The summed E-state index contributed by atoms with van der Waals surface area (Å²) in [5, 5.41) is 5.01. The van der Waals surface area contributed by atoms with Crippen LogP contribution in [0.2, 0.25) is 5.02 Å². The van der Waals surface area contributed by atoms with Gasteiger partial charge in [-0.15, -0.1) is 11.3 Å². The minimum atomic E-state index is 0.529. The minimum Gasteiger partial charge on any atom is -0.378 e. The number of ether oxygens (including phenoxy) is 1. The third kappa shape index (κ3) is 3.54. The standard InChI is InChI=1S/C14H17ClN2OS/c1-3-16-8-13-12(9-18-2)17-14(19-13)10-6-4-5-7-11(10)15/h4-7,16H,3,8-9H2,1-2H3. The molecule has 0 spiro atoms. The number of methoxy groups -OCH3 is 1. The molecule has 3 nitrogen and oxygen atoms in total. The summed E-state index contributed by atoms with van der Waals surface area (Å²) in [6.07, 6.45) is 0. The van der Waals surface area contributed by atoms with Crippen molar-refractivity contribution in [3.05, 3.63) is 39.9 Å². The zero-order valence-corrected chi connectivity index (χ0v) is 12.6. The number of nitrogens with one attached hydrogen (secondary N) is 1. The predicted octanol–water partition coefficient (Wildman–Crippen LogP) is 3.72. The number of hydrogen-bond donors (Lipinski definition) is 1. The molecule has 0 amide bonds. The highest BCUT2D eigenvalue weighted by Gasteiger charge is 2.13. The van der Waals surface area contributed by atoms with Gasteiger partial charge in [-0.3, -0.25) is 0 Å². The molecule has 0 unspecified atom stereocenters. The lowest BCUT2D eigenvalue weighted by molar-refractivity contribution is 0.181. The van der Waals surface area contributed by atoms with E-state index >= 15 is 0 Å². The number of rotatable bonds is 6. The Morgan fingerprint density at radius 1 is 1.37 bits per heavy atom. The van der Waals surface area contributed by atoms with Gasteiger partial charge in [0.05, 0.1) is 17.3 Å². The number of hydrogen-bond acceptors (Lipinski definition) is 4. The van der Waals surface area contributed by atoms with Crippen LogP contribution in [0.5, 0.6) is 0 Å². The maximum absolute atomic E-state index is 6.22. The van der Waals surface area contributed by atoms with Crippen molar-refractivity contribution in [2.24, 2.45) is 0 Å². The third-order valence-electron chi connectivity index (χ3n) is 2.70. The van der Waals surface area contributed by atoms with Crippen LogP contribution in [0.25, 0.3) is 10.6 Å². The summed E-state index contributed by atoms with van der Waals surface area (Å²) in [6, 6.07) is 7.78. The number of thiazole rings is 1. The molecule has 19 heavy (non-hydrogen) atoms. The Balaban J connectivity index is 2.34. The van der Waals surface area contributed by atoms with E-state index < -0.39 is 0 Å². The normalized spacial score (nSPS) is 10.9. The average molecular weight is 297 g/mol. The predicted molar refractivity (Wildman–Crippen MR) is 80.7 cm³/mol. The molecule has 2 rings (SSSR count). The highest BCUT2D eigenvalue weighted by atomic mass is 35.5. The van der Waals surface area contributed by atoms with E-state index in [2.05, 4.69) is 17.2 Å². The minimum absolute atomic E-state index is 0.529. The molecule has 2 aromatic rings. The van der Waals surface area contributed by atoms with E-state index in [0.29, 0.717) is 6.61 Å². The van der Waals surface area contributed by atoms with Crippen LogP contribution >= 0.6 is 22.9 Å².